The largest absolute Gasteiger partial charge is 0.501 e. The molecule has 1 atom stereocenters. The van der Waals surface area contributed by atoms with Crippen LogP contribution in [0.2, 0.25) is 0 Å². The fraction of sp³-hybridized carbons (Fsp3) is 0.571. The Morgan fingerprint density at radius 1 is 1.53 bits per heavy atom. The number of fused-ring (bicyclic) bond motifs is 1. The van der Waals surface area contributed by atoms with Crippen LogP contribution in [0, 0.1) is 5.92 Å². The van der Waals surface area contributed by atoms with Gasteiger partial charge in [0.05, 0.1) is 18.4 Å². The predicted octanol–water partition coefficient (Wildman–Crippen LogP) is 1.26. The smallest absolute Gasteiger partial charge is 0.250 e. The lowest BCUT2D eigenvalue weighted by Gasteiger charge is -2.24. The molecule has 0 unspecified atom stereocenters. The molecule has 0 bridgehead atoms. The third kappa shape index (κ3) is 2.80. The Bertz CT molecular complexity index is 493. The standard InChI is InChI=1S/C14H19N3O2/c18-14(12-2-1-7-19-10-12)16-8-11-3-4-13-15-5-6-17(13)9-11/h5-6,10-11H,1-4,7-9H2,(H,16,18)/t11-/m0/s1. The zero-order valence-corrected chi connectivity index (χ0v) is 11.0. The highest BCUT2D eigenvalue weighted by molar-refractivity contribution is 5.93. The van der Waals surface area contributed by atoms with E-state index in [2.05, 4.69) is 14.9 Å². The van der Waals surface area contributed by atoms with Gasteiger partial charge in [-0.25, -0.2) is 4.98 Å². The summed E-state index contributed by atoms with van der Waals surface area (Å²) in [5.74, 6) is 1.68. The molecular weight excluding hydrogens is 242 g/mol. The molecule has 0 aliphatic carbocycles. The fourth-order valence-corrected chi connectivity index (χ4v) is 2.69. The van der Waals surface area contributed by atoms with E-state index < -0.39 is 0 Å². The molecule has 5 heteroatoms. The highest BCUT2D eigenvalue weighted by atomic mass is 16.5. The maximum Gasteiger partial charge on any atom is 0.250 e. The molecule has 3 heterocycles. The first-order valence-electron chi connectivity index (χ1n) is 6.92. The lowest BCUT2D eigenvalue weighted by Crippen LogP contribution is -2.34. The number of aromatic nitrogens is 2. The molecule has 1 aromatic rings. The summed E-state index contributed by atoms with van der Waals surface area (Å²) in [7, 11) is 0. The lowest BCUT2D eigenvalue weighted by atomic mass is 9.99. The number of nitrogens with one attached hydrogen (secondary N) is 1. The normalized spacial score (nSPS) is 22.1. The molecule has 19 heavy (non-hydrogen) atoms. The van der Waals surface area contributed by atoms with Crippen molar-refractivity contribution >= 4 is 5.91 Å². The number of hydrogen-bond donors (Lipinski definition) is 1. The van der Waals surface area contributed by atoms with Crippen LogP contribution in [0.4, 0.5) is 0 Å². The van der Waals surface area contributed by atoms with Crippen molar-refractivity contribution in [3.05, 3.63) is 30.1 Å². The third-order valence-electron chi connectivity index (χ3n) is 3.81. The molecule has 0 saturated heterocycles. The minimum atomic E-state index is 0.0242. The van der Waals surface area contributed by atoms with E-state index in [-0.39, 0.29) is 5.91 Å². The molecule has 2 aliphatic heterocycles. The van der Waals surface area contributed by atoms with E-state index in [1.165, 1.54) is 0 Å². The molecule has 5 nitrogen and oxygen atoms in total. The van der Waals surface area contributed by atoms with Crippen molar-refractivity contribution in [1.29, 1.82) is 0 Å². The Labute approximate surface area is 112 Å². The molecule has 1 N–H and O–H groups in total. The summed E-state index contributed by atoms with van der Waals surface area (Å²) in [5.41, 5.74) is 0.769. The van der Waals surface area contributed by atoms with Crippen molar-refractivity contribution in [2.75, 3.05) is 13.2 Å². The Kier molecular flexibility index (Phi) is 3.53. The number of ether oxygens (including phenoxy) is 1. The van der Waals surface area contributed by atoms with Crippen molar-refractivity contribution in [3.63, 3.8) is 0 Å². The molecule has 3 rings (SSSR count). The lowest BCUT2D eigenvalue weighted by molar-refractivity contribution is -0.118. The van der Waals surface area contributed by atoms with Crippen LogP contribution in [-0.2, 0) is 22.5 Å². The first-order valence-corrected chi connectivity index (χ1v) is 6.92. The molecule has 0 aromatic carbocycles. The molecule has 0 fully saturated rings. The van der Waals surface area contributed by atoms with Gasteiger partial charge in [-0.05, 0) is 25.2 Å². The van der Waals surface area contributed by atoms with Crippen molar-refractivity contribution in [2.24, 2.45) is 5.92 Å². The minimum absolute atomic E-state index is 0.0242. The van der Waals surface area contributed by atoms with Crippen LogP contribution in [0.25, 0.3) is 0 Å². The Balaban J connectivity index is 1.50. The highest BCUT2D eigenvalue weighted by Crippen LogP contribution is 2.18. The van der Waals surface area contributed by atoms with Gasteiger partial charge in [0.25, 0.3) is 0 Å². The Morgan fingerprint density at radius 2 is 2.47 bits per heavy atom. The number of hydrogen-bond acceptors (Lipinski definition) is 3. The van der Waals surface area contributed by atoms with E-state index in [9.17, 15) is 4.79 Å². The van der Waals surface area contributed by atoms with Gasteiger partial charge in [-0.3, -0.25) is 4.79 Å². The second-order valence-electron chi connectivity index (χ2n) is 5.23. The van der Waals surface area contributed by atoms with Gasteiger partial charge in [-0.15, -0.1) is 0 Å². The van der Waals surface area contributed by atoms with Gasteiger partial charge in [0.1, 0.15) is 5.82 Å². The second kappa shape index (κ2) is 5.47. The molecule has 0 radical (unpaired) electrons. The van der Waals surface area contributed by atoms with Crippen LogP contribution >= 0.6 is 0 Å². The van der Waals surface area contributed by atoms with Gasteiger partial charge in [0.15, 0.2) is 0 Å². The van der Waals surface area contributed by atoms with E-state index in [4.69, 9.17) is 4.74 Å². The van der Waals surface area contributed by atoms with Crippen LogP contribution < -0.4 is 5.32 Å². The van der Waals surface area contributed by atoms with Crippen LogP contribution in [0.3, 0.4) is 0 Å². The maximum atomic E-state index is 12.0. The van der Waals surface area contributed by atoms with Gasteiger partial charge in [0.2, 0.25) is 5.91 Å². The molecule has 0 spiro atoms. The summed E-state index contributed by atoms with van der Waals surface area (Å²) in [6, 6.07) is 0. The predicted molar refractivity (Wildman–Crippen MR) is 70.3 cm³/mol. The number of carbonyl (C=O) groups excluding carboxylic acids is 1. The van der Waals surface area contributed by atoms with Crippen molar-refractivity contribution in [2.45, 2.75) is 32.2 Å². The molecular formula is C14H19N3O2. The molecule has 0 saturated carbocycles. The quantitative estimate of drug-likeness (QED) is 0.891. The van der Waals surface area contributed by atoms with Gasteiger partial charge in [0, 0.05) is 31.9 Å². The van der Waals surface area contributed by atoms with Crippen molar-refractivity contribution in [1.82, 2.24) is 14.9 Å². The monoisotopic (exact) mass is 261 g/mol. The van der Waals surface area contributed by atoms with E-state index in [1.807, 2.05) is 12.4 Å². The summed E-state index contributed by atoms with van der Waals surface area (Å²) in [6.45, 7) is 2.40. The Morgan fingerprint density at radius 3 is 3.32 bits per heavy atom. The number of amides is 1. The number of rotatable bonds is 3. The Hall–Kier alpha value is -1.78. The number of imidazole rings is 1. The maximum absolute atomic E-state index is 12.0. The van der Waals surface area contributed by atoms with Gasteiger partial charge in [-0.1, -0.05) is 0 Å². The average molecular weight is 261 g/mol. The average Bonchev–Trinajstić information content (AvgIpc) is 2.93. The summed E-state index contributed by atoms with van der Waals surface area (Å²) >= 11 is 0. The zero-order chi connectivity index (χ0) is 13.1. The summed E-state index contributed by atoms with van der Waals surface area (Å²) < 4.78 is 7.38. The summed E-state index contributed by atoms with van der Waals surface area (Å²) in [5, 5.41) is 3.02. The molecule has 2 aliphatic rings. The van der Waals surface area contributed by atoms with Gasteiger partial charge >= 0.3 is 0 Å². The highest BCUT2D eigenvalue weighted by Gasteiger charge is 2.20. The van der Waals surface area contributed by atoms with Crippen LogP contribution in [0.15, 0.2) is 24.2 Å². The second-order valence-corrected chi connectivity index (χ2v) is 5.23. The molecule has 1 aromatic heterocycles. The fourth-order valence-electron chi connectivity index (χ4n) is 2.69. The van der Waals surface area contributed by atoms with Crippen molar-refractivity contribution < 1.29 is 9.53 Å². The van der Waals surface area contributed by atoms with Gasteiger partial charge < -0.3 is 14.6 Å². The van der Waals surface area contributed by atoms with Crippen LogP contribution in [0.5, 0.6) is 0 Å². The molecule has 1 amide bonds. The number of carbonyl (C=O) groups is 1. The number of aryl methyl sites for hydroxylation is 1. The van der Waals surface area contributed by atoms with E-state index in [0.29, 0.717) is 5.92 Å². The first-order chi connectivity index (χ1) is 9.33. The van der Waals surface area contributed by atoms with E-state index >= 15 is 0 Å². The summed E-state index contributed by atoms with van der Waals surface area (Å²) in [4.78, 5) is 16.3. The van der Waals surface area contributed by atoms with Crippen LogP contribution in [0.1, 0.15) is 25.1 Å². The topological polar surface area (TPSA) is 56.2 Å². The van der Waals surface area contributed by atoms with E-state index in [0.717, 1.165) is 56.8 Å². The molecule has 102 valence electrons. The first kappa shape index (κ1) is 12.3. The minimum Gasteiger partial charge on any atom is -0.501 e. The van der Waals surface area contributed by atoms with Crippen LogP contribution in [-0.4, -0.2) is 28.6 Å². The van der Waals surface area contributed by atoms with Gasteiger partial charge in [-0.2, -0.15) is 0 Å². The SMILES string of the molecule is O=C(NC[C@@H]1CCc2nccn2C1)C1=COCCC1. The number of nitrogens with zero attached hydrogens (tertiary/aromatic N) is 2. The summed E-state index contributed by atoms with van der Waals surface area (Å²) in [6.07, 6.45) is 9.31. The van der Waals surface area contributed by atoms with Crippen molar-refractivity contribution in [3.8, 4) is 0 Å². The third-order valence-corrected chi connectivity index (χ3v) is 3.81. The van der Waals surface area contributed by atoms with E-state index in [1.54, 1.807) is 6.26 Å². The zero-order valence-electron chi connectivity index (χ0n) is 11.0.